The van der Waals surface area contributed by atoms with E-state index in [9.17, 15) is 15.0 Å². The number of likely N-dealkylation sites (tertiary alicyclic amines) is 1. The summed E-state index contributed by atoms with van der Waals surface area (Å²) in [5.74, 6) is -0.161. The van der Waals surface area contributed by atoms with Gasteiger partial charge in [-0.2, -0.15) is 0 Å². The van der Waals surface area contributed by atoms with Crippen LogP contribution in [0.15, 0.2) is 24.3 Å². The predicted molar refractivity (Wildman–Crippen MR) is 84.8 cm³/mol. The summed E-state index contributed by atoms with van der Waals surface area (Å²) in [6.07, 6.45) is 4.36. The van der Waals surface area contributed by atoms with E-state index in [1.807, 2.05) is 12.1 Å². The van der Waals surface area contributed by atoms with E-state index in [4.69, 9.17) is 0 Å². The molecule has 1 aromatic rings. The van der Waals surface area contributed by atoms with Gasteiger partial charge in [-0.15, -0.1) is 0 Å². The molecule has 3 rings (SSSR count). The Bertz CT molecular complexity index is 555. The van der Waals surface area contributed by atoms with Gasteiger partial charge >= 0.3 is 5.97 Å². The van der Waals surface area contributed by atoms with Crippen LogP contribution in [0.2, 0.25) is 0 Å². The molecule has 2 N–H and O–H groups in total. The lowest BCUT2D eigenvalue weighted by Crippen LogP contribution is -2.56. The number of piperidine rings is 1. The van der Waals surface area contributed by atoms with Gasteiger partial charge in [0, 0.05) is 19.6 Å². The van der Waals surface area contributed by atoms with Crippen LogP contribution in [0.4, 0.5) is 0 Å². The molecule has 2 atom stereocenters. The van der Waals surface area contributed by atoms with E-state index in [0.29, 0.717) is 18.0 Å². The number of carboxylic acids is 1. The SMILES string of the molecule is C[C@@H]1CN(Cc2ccccc2C(=O)O)CC[C@@]1(O)C1CCC1. The third-order valence-corrected chi connectivity index (χ3v) is 5.67. The highest BCUT2D eigenvalue weighted by atomic mass is 16.4. The van der Waals surface area contributed by atoms with Crippen molar-refractivity contribution in [1.29, 1.82) is 0 Å². The van der Waals surface area contributed by atoms with Crippen LogP contribution in [-0.2, 0) is 6.54 Å². The first-order valence-corrected chi connectivity index (χ1v) is 8.26. The van der Waals surface area contributed by atoms with Crippen LogP contribution in [0.3, 0.4) is 0 Å². The van der Waals surface area contributed by atoms with Crippen LogP contribution < -0.4 is 0 Å². The van der Waals surface area contributed by atoms with Crippen molar-refractivity contribution in [1.82, 2.24) is 4.90 Å². The first-order valence-electron chi connectivity index (χ1n) is 8.26. The molecule has 1 aliphatic carbocycles. The Morgan fingerprint density at radius 1 is 1.36 bits per heavy atom. The van der Waals surface area contributed by atoms with Gasteiger partial charge in [0.2, 0.25) is 0 Å². The average Bonchev–Trinajstić information content (AvgIpc) is 2.42. The normalized spacial score (nSPS) is 30.0. The minimum atomic E-state index is -0.869. The zero-order valence-corrected chi connectivity index (χ0v) is 13.2. The van der Waals surface area contributed by atoms with Crippen molar-refractivity contribution in [3.63, 3.8) is 0 Å². The topological polar surface area (TPSA) is 60.8 Å². The lowest BCUT2D eigenvalue weighted by molar-refractivity contribution is -0.128. The Kier molecular flexibility index (Phi) is 4.24. The third-order valence-electron chi connectivity index (χ3n) is 5.67. The van der Waals surface area contributed by atoms with Crippen molar-refractivity contribution in [2.75, 3.05) is 13.1 Å². The molecule has 0 amide bonds. The molecule has 1 heterocycles. The summed E-state index contributed by atoms with van der Waals surface area (Å²) in [7, 11) is 0. The summed E-state index contributed by atoms with van der Waals surface area (Å²) >= 11 is 0. The van der Waals surface area contributed by atoms with Crippen molar-refractivity contribution in [3.05, 3.63) is 35.4 Å². The van der Waals surface area contributed by atoms with Crippen LogP contribution in [0.25, 0.3) is 0 Å². The summed E-state index contributed by atoms with van der Waals surface area (Å²) < 4.78 is 0. The molecule has 0 unspecified atom stereocenters. The van der Waals surface area contributed by atoms with Crippen molar-refractivity contribution in [3.8, 4) is 0 Å². The molecule has 22 heavy (non-hydrogen) atoms. The van der Waals surface area contributed by atoms with E-state index in [-0.39, 0.29) is 5.92 Å². The molecule has 0 spiro atoms. The molecule has 2 aliphatic rings. The molecule has 4 nitrogen and oxygen atoms in total. The first-order chi connectivity index (χ1) is 10.5. The van der Waals surface area contributed by atoms with Gasteiger partial charge in [-0.05, 0) is 42.7 Å². The van der Waals surface area contributed by atoms with Crippen LogP contribution in [0, 0.1) is 11.8 Å². The highest BCUT2D eigenvalue weighted by Crippen LogP contribution is 2.44. The number of rotatable bonds is 4. The van der Waals surface area contributed by atoms with Gasteiger partial charge in [-0.3, -0.25) is 4.90 Å². The molecule has 1 aliphatic heterocycles. The van der Waals surface area contributed by atoms with Gasteiger partial charge in [-0.1, -0.05) is 31.5 Å². The minimum Gasteiger partial charge on any atom is -0.478 e. The maximum absolute atomic E-state index is 11.3. The van der Waals surface area contributed by atoms with Crippen molar-refractivity contribution in [2.45, 2.75) is 44.8 Å². The van der Waals surface area contributed by atoms with E-state index in [1.165, 1.54) is 6.42 Å². The third kappa shape index (κ3) is 2.77. The largest absolute Gasteiger partial charge is 0.478 e. The van der Waals surface area contributed by atoms with E-state index in [2.05, 4.69) is 11.8 Å². The van der Waals surface area contributed by atoms with Gasteiger partial charge in [-0.25, -0.2) is 4.79 Å². The summed E-state index contributed by atoms with van der Waals surface area (Å²) in [6.45, 7) is 4.45. The molecule has 1 aromatic carbocycles. The maximum Gasteiger partial charge on any atom is 0.336 e. The molecule has 120 valence electrons. The predicted octanol–water partition coefficient (Wildman–Crippen LogP) is 2.76. The number of aromatic carboxylic acids is 1. The second kappa shape index (κ2) is 6.01. The fourth-order valence-electron chi connectivity index (χ4n) is 3.99. The van der Waals surface area contributed by atoms with Gasteiger partial charge < -0.3 is 10.2 Å². The van der Waals surface area contributed by atoms with Crippen LogP contribution in [0.5, 0.6) is 0 Å². The van der Waals surface area contributed by atoms with Gasteiger partial charge in [0.15, 0.2) is 0 Å². The van der Waals surface area contributed by atoms with E-state index >= 15 is 0 Å². The minimum absolute atomic E-state index is 0.239. The zero-order chi connectivity index (χ0) is 15.7. The zero-order valence-electron chi connectivity index (χ0n) is 13.2. The van der Waals surface area contributed by atoms with E-state index < -0.39 is 11.6 Å². The molecular formula is C18H25NO3. The van der Waals surface area contributed by atoms with Gasteiger partial charge in [0.05, 0.1) is 11.2 Å². The second-order valence-electron chi connectivity index (χ2n) is 6.97. The number of hydrogen-bond donors (Lipinski definition) is 2. The fraction of sp³-hybridized carbons (Fsp3) is 0.611. The molecular weight excluding hydrogens is 278 g/mol. The van der Waals surface area contributed by atoms with Gasteiger partial charge in [0.25, 0.3) is 0 Å². The molecule has 1 saturated heterocycles. The number of hydrogen-bond acceptors (Lipinski definition) is 3. The fourth-order valence-corrected chi connectivity index (χ4v) is 3.99. The van der Waals surface area contributed by atoms with Crippen molar-refractivity contribution in [2.24, 2.45) is 11.8 Å². The summed E-state index contributed by atoms with van der Waals surface area (Å²) in [4.78, 5) is 13.6. The summed E-state index contributed by atoms with van der Waals surface area (Å²) in [5, 5.41) is 20.2. The Balaban J connectivity index is 1.67. The molecule has 0 aromatic heterocycles. The maximum atomic E-state index is 11.3. The first kappa shape index (κ1) is 15.5. The van der Waals surface area contributed by atoms with E-state index in [0.717, 1.165) is 37.9 Å². The monoisotopic (exact) mass is 303 g/mol. The van der Waals surface area contributed by atoms with E-state index in [1.54, 1.807) is 12.1 Å². The van der Waals surface area contributed by atoms with Crippen LogP contribution in [-0.4, -0.2) is 39.8 Å². The second-order valence-corrected chi connectivity index (χ2v) is 6.97. The molecule has 0 bridgehead atoms. The molecule has 2 fully saturated rings. The Hall–Kier alpha value is -1.39. The quantitative estimate of drug-likeness (QED) is 0.898. The number of aliphatic hydroxyl groups is 1. The highest BCUT2D eigenvalue weighted by molar-refractivity contribution is 5.89. The highest BCUT2D eigenvalue weighted by Gasteiger charge is 2.46. The van der Waals surface area contributed by atoms with Crippen molar-refractivity contribution < 1.29 is 15.0 Å². The number of benzene rings is 1. The standard InChI is InChI=1S/C18H25NO3/c1-13-11-19(10-9-18(13,22)15-6-4-7-15)12-14-5-2-3-8-16(14)17(20)21/h2-3,5,8,13,15,22H,4,6-7,9-12H2,1H3,(H,20,21)/t13-,18+/m1/s1. The summed E-state index contributed by atoms with van der Waals surface area (Å²) in [6, 6.07) is 7.21. The Labute approximate surface area is 131 Å². The number of carbonyl (C=O) groups is 1. The number of nitrogens with zero attached hydrogens (tertiary/aromatic N) is 1. The number of carboxylic acid groups (broad SMARTS) is 1. The Morgan fingerprint density at radius 2 is 2.09 bits per heavy atom. The molecule has 4 heteroatoms. The van der Waals surface area contributed by atoms with Crippen molar-refractivity contribution >= 4 is 5.97 Å². The molecule has 0 radical (unpaired) electrons. The van der Waals surface area contributed by atoms with Gasteiger partial charge in [0.1, 0.15) is 0 Å². The van der Waals surface area contributed by atoms with Crippen LogP contribution in [0.1, 0.15) is 48.5 Å². The molecule has 1 saturated carbocycles. The average molecular weight is 303 g/mol. The summed E-state index contributed by atoms with van der Waals surface area (Å²) in [5.41, 5.74) is 0.729. The lowest BCUT2D eigenvalue weighted by Gasteiger charge is -2.50. The Morgan fingerprint density at radius 3 is 2.68 bits per heavy atom. The smallest absolute Gasteiger partial charge is 0.336 e. The van der Waals surface area contributed by atoms with Crippen LogP contribution >= 0.6 is 0 Å². The lowest BCUT2D eigenvalue weighted by atomic mass is 9.65.